The van der Waals surface area contributed by atoms with Crippen LogP contribution in [0.1, 0.15) is 0 Å². The van der Waals surface area contributed by atoms with Crippen molar-refractivity contribution in [1.82, 2.24) is 9.97 Å². The fourth-order valence-electron chi connectivity index (χ4n) is 1.95. The van der Waals surface area contributed by atoms with Crippen LogP contribution in [0, 0.1) is 0 Å². The minimum absolute atomic E-state index is 0.479. The molecule has 0 aliphatic heterocycles. The van der Waals surface area contributed by atoms with E-state index in [1.165, 1.54) is 5.39 Å². The van der Waals surface area contributed by atoms with Gasteiger partial charge in [0.15, 0.2) is 5.58 Å². The van der Waals surface area contributed by atoms with Gasteiger partial charge < -0.3 is 4.42 Å². The number of aromatic amines is 1. The molecule has 104 valence electrons. The maximum Gasteiger partial charge on any atom is 0.417 e. The lowest BCUT2D eigenvalue weighted by atomic mass is 10.2. The molecule has 0 atom stereocenters. The van der Waals surface area contributed by atoms with Crippen molar-refractivity contribution < 1.29 is 4.42 Å². The molecule has 4 aromatic rings. The molecule has 2 heterocycles. The number of fused-ring (bicyclic) bond motifs is 2. The fraction of sp³-hybridized carbons (Fsp3) is 0. The molecular weight excluding hydrogens is 288 g/mol. The van der Waals surface area contributed by atoms with Gasteiger partial charge in [0.05, 0.1) is 10.5 Å². The number of halogens is 1. The maximum atomic E-state index is 10.7. The summed E-state index contributed by atoms with van der Waals surface area (Å²) in [5, 5.41) is 1.69. The van der Waals surface area contributed by atoms with Crippen molar-refractivity contribution >= 4 is 33.6 Å². The zero-order valence-electron chi connectivity index (χ0n) is 10.9. The van der Waals surface area contributed by atoms with Gasteiger partial charge in [0.1, 0.15) is 5.52 Å². The first kappa shape index (κ1) is 13.4. The van der Waals surface area contributed by atoms with Gasteiger partial charge in [-0.3, -0.25) is 9.97 Å². The van der Waals surface area contributed by atoms with E-state index >= 15 is 0 Å². The Hall–Kier alpha value is -2.59. The van der Waals surface area contributed by atoms with E-state index in [9.17, 15) is 4.79 Å². The van der Waals surface area contributed by atoms with Crippen molar-refractivity contribution in [3.8, 4) is 0 Å². The van der Waals surface area contributed by atoms with E-state index in [4.69, 9.17) is 16.0 Å². The third-order valence-corrected chi connectivity index (χ3v) is 3.23. The summed E-state index contributed by atoms with van der Waals surface area (Å²) in [5.41, 5.74) is 2.10. The van der Waals surface area contributed by atoms with Crippen LogP contribution >= 0.6 is 11.6 Å². The molecule has 0 aliphatic carbocycles. The molecular formula is C16H11ClN2O2. The smallest absolute Gasteiger partial charge is 0.408 e. The lowest BCUT2D eigenvalue weighted by Gasteiger charge is -1.91. The average Bonchev–Trinajstić information content (AvgIpc) is 2.90. The highest BCUT2D eigenvalue weighted by molar-refractivity contribution is 6.34. The highest BCUT2D eigenvalue weighted by atomic mass is 35.5. The number of rotatable bonds is 0. The van der Waals surface area contributed by atoms with Crippen LogP contribution in [0.5, 0.6) is 0 Å². The molecule has 0 amide bonds. The quantitative estimate of drug-likeness (QED) is 0.533. The Morgan fingerprint density at radius 1 is 1.00 bits per heavy atom. The Kier molecular flexibility index (Phi) is 3.71. The molecule has 0 unspecified atom stereocenters. The number of H-pyrrole nitrogens is 1. The van der Waals surface area contributed by atoms with E-state index in [-0.39, 0.29) is 0 Å². The predicted octanol–water partition coefficient (Wildman–Crippen LogP) is 4.01. The van der Waals surface area contributed by atoms with Crippen molar-refractivity contribution in [1.29, 1.82) is 0 Å². The van der Waals surface area contributed by atoms with Crippen LogP contribution in [0.4, 0.5) is 0 Å². The minimum atomic E-state index is -0.479. The van der Waals surface area contributed by atoms with Crippen molar-refractivity contribution in [2.24, 2.45) is 0 Å². The fourth-order valence-corrected chi connectivity index (χ4v) is 2.17. The summed E-state index contributed by atoms with van der Waals surface area (Å²) in [7, 11) is 0. The van der Waals surface area contributed by atoms with E-state index in [2.05, 4.69) is 22.1 Å². The Morgan fingerprint density at radius 2 is 1.81 bits per heavy atom. The summed E-state index contributed by atoms with van der Waals surface area (Å²) in [4.78, 5) is 17.3. The Balaban J connectivity index is 0.000000126. The Labute approximate surface area is 125 Å². The number of aromatic nitrogens is 2. The van der Waals surface area contributed by atoms with Crippen LogP contribution < -0.4 is 5.76 Å². The van der Waals surface area contributed by atoms with E-state index in [1.54, 1.807) is 18.2 Å². The number of nitrogens with zero attached hydrogens (tertiary/aromatic N) is 1. The van der Waals surface area contributed by atoms with Gasteiger partial charge in [-0.15, -0.1) is 0 Å². The van der Waals surface area contributed by atoms with Gasteiger partial charge in [-0.05, 0) is 24.3 Å². The van der Waals surface area contributed by atoms with Gasteiger partial charge in [0, 0.05) is 11.6 Å². The molecule has 0 aliphatic rings. The van der Waals surface area contributed by atoms with Gasteiger partial charge in [0.25, 0.3) is 0 Å². The van der Waals surface area contributed by atoms with Crippen LogP contribution in [0.25, 0.3) is 22.0 Å². The molecule has 21 heavy (non-hydrogen) atoms. The van der Waals surface area contributed by atoms with Gasteiger partial charge in [-0.25, -0.2) is 4.79 Å². The molecule has 0 spiro atoms. The summed E-state index contributed by atoms with van der Waals surface area (Å²) < 4.78 is 4.75. The number of hydrogen-bond acceptors (Lipinski definition) is 3. The van der Waals surface area contributed by atoms with Gasteiger partial charge in [0.2, 0.25) is 0 Å². The number of pyridine rings is 1. The third kappa shape index (κ3) is 2.95. The van der Waals surface area contributed by atoms with Crippen LogP contribution in [0.15, 0.2) is 70.0 Å². The van der Waals surface area contributed by atoms with Crippen molar-refractivity contribution in [3.05, 3.63) is 76.4 Å². The molecule has 0 radical (unpaired) electrons. The molecule has 0 saturated carbocycles. The summed E-state index contributed by atoms with van der Waals surface area (Å²) in [6, 6.07) is 17.2. The first-order valence-corrected chi connectivity index (χ1v) is 6.69. The van der Waals surface area contributed by atoms with E-state index in [0.29, 0.717) is 16.1 Å². The van der Waals surface area contributed by atoms with Crippen molar-refractivity contribution in [2.75, 3.05) is 0 Å². The van der Waals surface area contributed by atoms with E-state index in [1.807, 2.05) is 30.5 Å². The lowest BCUT2D eigenvalue weighted by Crippen LogP contribution is -1.93. The van der Waals surface area contributed by atoms with Crippen LogP contribution in [0.2, 0.25) is 5.02 Å². The monoisotopic (exact) mass is 298 g/mol. The standard InChI is InChI=1S/C9H7N.C7H4ClNO2/c1-2-6-9-8(4-1)5-3-7-10-9;8-4-2-1-3-5-6(4)9-7(10)11-5/h1-7H;1-3H,(H,9,10). The van der Waals surface area contributed by atoms with Gasteiger partial charge in [-0.1, -0.05) is 41.9 Å². The van der Waals surface area contributed by atoms with Crippen molar-refractivity contribution in [2.45, 2.75) is 0 Å². The Bertz CT molecular complexity index is 878. The molecule has 2 aromatic heterocycles. The molecule has 1 N–H and O–H groups in total. The summed E-state index contributed by atoms with van der Waals surface area (Å²) >= 11 is 5.74. The van der Waals surface area contributed by atoms with Crippen LogP contribution in [-0.4, -0.2) is 9.97 Å². The largest absolute Gasteiger partial charge is 0.417 e. The van der Waals surface area contributed by atoms with Crippen LogP contribution in [0.3, 0.4) is 0 Å². The summed E-state index contributed by atoms with van der Waals surface area (Å²) in [5.74, 6) is -0.479. The van der Waals surface area contributed by atoms with Crippen LogP contribution in [-0.2, 0) is 0 Å². The van der Waals surface area contributed by atoms with E-state index in [0.717, 1.165) is 5.52 Å². The second-order valence-electron chi connectivity index (χ2n) is 4.32. The normalized spacial score (nSPS) is 10.3. The first-order valence-electron chi connectivity index (χ1n) is 6.31. The molecule has 0 saturated heterocycles. The highest BCUT2D eigenvalue weighted by Crippen LogP contribution is 2.19. The first-order chi connectivity index (χ1) is 10.2. The lowest BCUT2D eigenvalue weighted by molar-refractivity contribution is 0.555. The zero-order chi connectivity index (χ0) is 14.7. The second-order valence-corrected chi connectivity index (χ2v) is 4.73. The molecule has 2 aromatic carbocycles. The number of hydrogen-bond donors (Lipinski definition) is 1. The number of nitrogens with one attached hydrogen (secondary N) is 1. The third-order valence-electron chi connectivity index (χ3n) is 2.92. The molecule has 4 nitrogen and oxygen atoms in total. The highest BCUT2D eigenvalue weighted by Gasteiger charge is 2.02. The number of oxazole rings is 1. The van der Waals surface area contributed by atoms with Gasteiger partial charge >= 0.3 is 5.76 Å². The van der Waals surface area contributed by atoms with Crippen molar-refractivity contribution in [3.63, 3.8) is 0 Å². The molecule has 4 rings (SSSR count). The number of para-hydroxylation sites is 2. The molecule has 5 heteroatoms. The molecule has 0 fully saturated rings. The summed E-state index contributed by atoms with van der Waals surface area (Å²) in [6.07, 6.45) is 1.81. The van der Waals surface area contributed by atoms with Gasteiger partial charge in [-0.2, -0.15) is 0 Å². The Morgan fingerprint density at radius 3 is 2.62 bits per heavy atom. The van der Waals surface area contributed by atoms with E-state index < -0.39 is 5.76 Å². The second kappa shape index (κ2) is 5.81. The SMILES string of the molecule is O=c1[nH]c2c(Cl)cccc2o1.c1ccc2ncccc2c1. The maximum absolute atomic E-state index is 10.7. The predicted molar refractivity (Wildman–Crippen MR) is 83.6 cm³/mol. The zero-order valence-corrected chi connectivity index (χ0v) is 11.7. The molecule has 0 bridgehead atoms. The summed E-state index contributed by atoms with van der Waals surface area (Å²) in [6.45, 7) is 0. The number of benzene rings is 2. The average molecular weight is 299 g/mol. The topological polar surface area (TPSA) is 58.9 Å². The minimum Gasteiger partial charge on any atom is -0.408 e.